The number of benzene rings is 1. The Balaban J connectivity index is 2.18. The van der Waals surface area contributed by atoms with Gasteiger partial charge in [0.2, 0.25) is 0 Å². The molecule has 3 heteroatoms. The van der Waals surface area contributed by atoms with Crippen LogP contribution in [-0.2, 0) is 0 Å². The molecular weight excluding hydrogens is 241 g/mol. The number of nitrogens with two attached hydrogens (primary N) is 1. The Labute approximate surface area is 115 Å². The van der Waals surface area contributed by atoms with E-state index in [2.05, 4.69) is 13.8 Å². The molecule has 3 atom stereocenters. The molecule has 19 heavy (non-hydrogen) atoms. The van der Waals surface area contributed by atoms with Crippen molar-refractivity contribution in [1.82, 2.24) is 0 Å². The SMILES string of the molecule is CC1CC(C)CC(Oc2c(F)cccc2C(C)N)C1. The Morgan fingerprint density at radius 1 is 1.21 bits per heavy atom. The number of ether oxygens (including phenoxy) is 1. The van der Waals surface area contributed by atoms with Crippen LogP contribution in [0.4, 0.5) is 4.39 Å². The van der Waals surface area contributed by atoms with Gasteiger partial charge in [0, 0.05) is 11.6 Å². The molecule has 1 aromatic carbocycles. The van der Waals surface area contributed by atoms with E-state index in [1.807, 2.05) is 13.0 Å². The van der Waals surface area contributed by atoms with Gasteiger partial charge in [-0.3, -0.25) is 0 Å². The highest BCUT2D eigenvalue weighted by molar-refractivity contribution is 5.37. The fourth-order valence-electron chi connectivity index (χ4n) is 3.14. The summed E-state index contributed by atoms with van der Waals surface area (Å²) in [4.78, 5) is 0. The summed E-state index contributed by atoms with van der Waals surface area (Å²) in [5.41, 5.74) is 6.65. The largest absolute Gasteiger partial charge is 0.487 e. The molecule has 0 saturated heterocycles. The third kappa shape index (κ3) is 3.47. The first kappa shape index (κ1) is 14.3. The summed E-state index contributed by atoms with van der Waals surface area (Å²) in [6.45, 7) is 6.33. The van der Waals surface area contributed by atoms with Crippen LogP contribution in [0, 0.1) is 17.7 Å². The summed E-state index contributed by atoms with van der Waals surface area (Å²) >= 11 is 0. The normalized spacial score (nSPS) is 29.0. The standard InChI is InChI=1S/C16H24FNO/c1-10-7-11(2)9-13(8-10)19-16-14(12(3)18)5-4-6-15(16)17/h4-6,10-13H,7-9,18H2,1-3H3. The Bertz CT molecular complexity index is 423. The summed E-state index contributed by atoms with van der Waals surface area (Å²) in [7, 11) is 0. The number of hydrogen-bond donors (Lipinski definition) is 1. The van der Waals surface area contributed by atoms with E-state index in [1.54, 1.807) is 6.07 Å². The van der Waals surface area contributed by atoms with Crippen molar-refractivity contribution in [2.45, 2.75) is 52.2 Å². The van der Waals surface area contributed by atoms with Gasteiger partial charge in [-0.1, -0.05) is 26.0 Å². The van der Waals surface area contributed by atoms with Gasteiger partial charge in [0.05, 0.1) is 6.10 Å². The van der Waals surface area contributed by atoms with Crippen LogP contribution in [-0.4, -0.2) is 6.10 Å². The maximum absolute atomic E-state index is 14.0. The van der Waals surface area contributed by atoms with Crippen molar-refractivity contribution in [1.29, 1.82) is 0 Å². The summed E-state index contributed by atoms with van der Waals surface area (Å²) in [5, 5.41) is 0. The van der Waals surface area contributed by atoms with Gasteiger partial charge in [-0.05, 0) is 44.1 Å². The minimum absolute atomic E-state index is 0.105. The minimum Gasteiger partial charge on any atom is -0.487 e. The van der Waals surface area contributed by atoms with Crippen LogP contribution >= 0.6 is 0 Å². The van der Waals surface area contributed by atoms with Crippen LogP contribution in [0.1, 0.15) is 51.6 Å². The molecule has 0 aliphatic heterocycles. The van der Waals surface area contributed by atoms with Gasteiger partial charge in [0.1, 0.15) is 0 Å². The van der Waals surface area contributed by atoms with Crippen molar-refractivity contribution >= 4 is 0 Å². The molecule has 106 valence electrons. The van der Waals surface area contributed by atoms with Crippen LogP contribution in [0.5, 0.6) is 5.75 Å². The van der Waals surface area contributed by atoms with Gasteiger partial charge >= 0.3 is 0 Å². The number of rotatable bonds is 3. The van der Waals surface area contributed by atoms with Crippen molar-refractivity contribution in [3.8, 4) is 5.75 Å². The first-order chi connectivity index (χ1) is 8.97. The van der Waals surface area contributed by atoms with Crippen molar-refractivity contribution in [3.05, 3.63) is 29.6 Å². The zero-order valence-electron chi connectivity index (χ0n) is 12.0. The summed E-state index contributed by atoms with van der Waals surface area (Å²) in [6, 6.07) is 4.76. The van der Waals surface area contributed by atoms with E-state index in [1.165, 1.54) is 12.5 Å². The van der Waals surface area contributed by atoms with Crippen LogP contribution in [0.2, 0.25) is 0 Å². The van der Waals surface area contributed by atoms with Gasteiger partial charge in [0.25, 0.3) is 0 Å². The van der Waals surface area contributed by atoms with Gasteiger partial charge in [-0.2, -0.15) is 0 Å². The van der Waals surface area contributed by atoms with E-state index in [0.717, 1.165) is 18.4 Å². The lowest BCUT2D eigenvalue weighted by Crippen LogP contribution is -2.29. The van der Waals surface area contributed by atoms with Gasteiger partial charge in [-0.25, -0.2) is 4.39 Å². The molecule has 3 unspecified atom stereocenters. The highest BCUT2D eigenvalue weighted by Crippen LogP contribution is 2.34. The minimum atomic E-state index is -0.305. The van der Waals surface area contributed by atoms with Gasteiger partial charge in [0.15, 0.2) is 11.6 Å². The molecule has 0 heterocycles. The Morgan fingerprint density at radius 3 is 2.42 bits per heavy atom. The zero-order chi connectivity index (χ0) is 14.0. The molecule has 1 fully saturated rings. The topological polar surface area (TPSA) is 35.2 Å². The molecule has 2 nitrogen and oxygen atoms in total. The van der Waals surface area contributed by atoms with Crippen LogP contribution < -0.4 is 10.5 Å². The van der Waals surface area contributed by atoms with Crippen molar-refractivity contribution < 1.29 is 9.13 Å². The third-order valence-electron chi connectivity index (χ3n) is 3.91. The van der Waals surface area contributed by atoms with Crippen LogP contribution in [0.15, 0.2) is 18.2 Å². The molecular formula is C16H24FNO. The lowest BCUT2D eigenvalue weighted by atomic mass is 9.82. The highest BCUT2D eigenvalue weighted by atomic mass is 19.1. The van der Waals surface area contributed by atoms with Gasteiger partial charge < -0.3 is 10.5 Å². The highest BCUT2D eigenvalue weighted by Gasteiger charge is 2.27. The quantitative estimate of drug-likeness (QED) is 0.895. The first-order valence-corrected chi connectivity index (χ1v) is 7.18. The molecule has 1 aliphatic rings. The van der Waals surface area contributed by atoms with Gasteiger partial charge in [-0.15, -0.1) is 0 Å². The molecule has 2 N–H and O–H groups in total. The predicted octanol–water partition coefficient (Wildman–Crippen LogP) is 4.05. The second kappa shape index (κ2) is 5.91. The summed E-state index contributed by atoms with van der Waals surface area (Å²) in [5.74, 6) is 1.32. The fourth-order valence-corrected chi connectivity index (χ4v) is 3.14. The number of para-hydroxylation sites is 1. The smallest absolute Gasteiger partial charge is 0.165 e. The van der Waals surface area contributed by atoms with Crippen LogP contribution in [0.3, 0.4) is 0 Å². The lowest BCUT2D eigenvalue weighted by molar-refractivity contribution is 0.0957. The first-order valence-electron chi connectivity index (χ1n) is 7.18. The van der Waals surface area contributed by atoms with Crippen molar-refractivity contribution in [2.24, 2.45) is 17.6 Å². The summed E-state index contributed by atoms with van der Waals surface area (Å²) in [6.07, 6.45) is 3.33. The fraction of sp³-hybridized carbons (Fsp3) is 0.625. The van der Waals surface area contributed by atoms with E-state index >= 15 is 0 Å². The second-order valence-electron chi connectivity index (χ2n) is 6.10. The van der Waals surface area contributed by atoms with Crippen molar-refractivity contribution in [3.63, 3.8) is 0 Å². The van der Waals surface area contributed by atoms with Crippen molar-refractivity contribution in [2.75, 3.05) is 0 Å². The molecule has 1 aliphatic carbocycles. The van der Waals surface area contributed by atoms with E-state index in [-0.39, 0.29) is 18.0 Å². The number of halogens is 1. The Kier molecular flexibility index (Phi) is 4.46. The molecule has 1 saturated carbocycles. The zero-order valence-corrected chi connectivity index (χ0v) is 12.0. The molecule has 1 aromatic rings. The molecule has 0 radical (unpaired) electrons. The second-order valence-corrected chi connectivity index (χ2v) is 6.10. The van der Waals surface area contributed by atoms with Crippen LogP contribution in [0.25, 0.3) is 0 Å². The average Bonchev–Trinajstić information content (AvgIpc) is 2.30. The molecule has 0 bridgehead atoms. The molecule has 0 aromatic heterocycles. The third-order valence-corrected chi connectivity index (χ3v) is 3.91. The molecule has 0 spiro atoms. The Hall–Kier alpha value is -1.09. The molecule has 2 rings (SSSR count). The van der Waals surface area contributed by atoms with E-state index < -0.39 is 0 Å². The monoisotopic (exact) mass is 265 g/mol. The maximum Gasteiger partial charge on any atom is 0.165 e. The summed E-state index contributed by atoms with van der Waals surface area (Å²) < 4.78 is 19.9. The average molecular weight is 265 g/mol. The lowest BCUT2D eigenvalue weighted by Gasteiger charge is -2.32. The molecule has 0 amide bonds. The Morgan fingerprint density at radius 2 is 1.84 bits per heavy atom. The van der Waals surface area contributed by atoms with E-state index in [9.17, 15) is 4.39 Å². The van der Waals surface area contributed by atoms with E-state index in [4.69, 9.17) is 10.5 Å². The number of hydrogen-bond acceptors (Lipinski definition) is 2. The predicted molar refractivity (Wildman–Crippen MR) is 75.6 cm³/mol. The van der Waals surface area contributed by atoms with E-state index in [0.29, 0.717) is 17.6 Å². The maximum atomic E-state index is 14.0.